The van der Waals surface area contributed by atoms with Crippen LogP contribution in [0.2, 0.25) is 0 Å². The van der Waals surface area contributed by atoms with Crippen molar-refractivity contribution in [2.24, 2.45) is 7.05 Å². The molecule has 0 aliphatic carbocycles. The number of carboxylic acids is 2. The largest absolute Gasteiger partial charge is 0.473 e. The molecule has 0 bridgehead atoms. The van der Waals surface area contributed by atoms with Gasteiger partial charge in [-0.15, -0.1) is 0 Å². The van der Waals surface area contributed by atoms with Crippen LogP contribution in [-0.4, -0.2) is 59.9 Å². The van der Waals surface area contributed by atoms with E-state index in [-0.39, 0.29) is 11.3 Å². The molecular weight excluding hydrogens is 512 g/mol. The Morgan fingerprint density at radius 3 is 2.08 bits per heavy atom. The van der Waals surface area contributed by atoms with Crippen molar-refractivity contribution in [3.63, 3.8) is 0 Å². The van der Waals surface area contributed by atoms with E-state index in [0.717, 1.165) is 42.3 Å². The summed E-state index contributed by atoms with van der Waals surface area (Å²) in [6, 6.07) is 20.0. The third-order valence-corrected chi connectivity index (χ3v) is 7.24. The summed E-state index contributed by atoms with van der Waals surface area (Å²) in [5.41, 5.74) is 7.21. The highest BCUT2D eigenvalue weighted by molar-refractivity contribution is 6.27. The normalized spacial score (nSPS) is 12.8. The standard InChI is InChI=1S/C28H30N4O2.C2H2O4/c1-19-16-25(26(33)18-30-15-14-22-10-8-9-11-23(22)17-30)20(2)31(19)27-21(3)29(4)32(28(27)34)24-12-6-5-7-13-24;3-1(4)2(5)6/h5-13,16H,14-15,17-18H2,1-4H3;(H,3,4)(H,5,6). The molecule has 10 nitrogen and oxygen atoms in total. The molecule has 0 fully saturated rings. The molecule has 2 aromatic heterocycles. The molecule has 0 radical (unpaired) electrons. The lowest BCUT2D eigenvalue weighted by Gasteiger charge is -2.28. The highest BCUT2D eigenvalue weighted by Crippen LogP contribution is 2.24. The molecule has 0 saturated carbocycles. The van der Waals surface area contributed by atoms with Crippen molar-refractivity contribution in [1.82, 2.24) is 18.8 Å². The van der Waals surface area contributed by atoms with Gasteiger partial charge in [0, 0.05) is 37.1 Å². The number of carbonyl (C=O) groups is 3. The summed E-state index contributed by atoms with van der Waals surface area (Å²) in [6.07, 6.45) is 0.963. The fraction of sp³-hybridized carbons (Fsp3) is 0.267. The molecule has 3 heterocycles. The number of aliphatic carboxylic acids is 2. The van der Waals surface area contributed by atoms with Crippen LogP contribution in [0.1, 0.15) is 38.6 Å². The number of hydrogen-bond donors (Lipinski definition) is 2. The zero-order chi connectivity index (χ0) is 29.1. The third kappa shape index (κ3) is 5.52. The zero-order valence-electron chi connectivity index (χ0n) is 22.9. The number of hydrogen-bond acceptors (Lipinski definition) is 5. The average Bonchev–Trinajstić information content (AvgIpc) is 3.34. The van der Waals surface area contributed by atoms with Crippen LogP contribution in [0.3, 0.4) is 0 Å². The number of carboxylic acid groups (broad SMARTS) is 2. The minimum atomic E-state index is -1.82. The van der Waals surface area contributed by atoms with E-state index in [1.54, 1.807) is 4.68 Å². The first-order chi connectivity index (χ1) is 19.0. The van der Waals surface area contributed by atoms with Crippen LogP contribution in [0.15, 0.2) is 65.5 Å². The van der Waals surface area contributed by atoms with Crippen LogP contribution in [0.25, 0.3) is 11.4 Å². The van der Waals surface area contributed by atoms with Crippen LogP contribution >= 0.6 is 0 Å². The Labute approximate surface area is 231 Å². The number of rotatable bonds is 5. The van der Waals surface area contributed by atoms with Crippen molar-refractivity contribution in [2.75, 3.05) is 13.1 Å². The summed E-state index contributed by atoms with van der Waals surface area (Å²) in [7, 11) is 1.89. The van der Waals surface area contributed by atoms with Gasteiger partial charge < -0.3 is 14.8 Å². The minimum absolute atomic E-state index is 0.0932. The molecule has 0 atom stereocenters. The fourth-order valence-electron chi connectivity index (χ4n) is 5.18. The van der Waals surface area contributed by atoms with E-state index in [2.05, 4.69) is 29.2 Å². The molecule has 5 rings (SSSR count). The Morgan fingerprint density at radius 2 is 1.45 bits per heavy atom. The highest BCUT2D eigenvalue weighted by atomic mass is 16.4. The molecule has 0 saturated heterocycles. The Hall–Kier alpha value is -4.70. The first-order valence-corrected chi connectivity index (χ1v) is 12.8. The molecule has 10 heteroatoms. The first kappa shape index (κ1) is 28.3. The maximum Gasteiger partial charge on any atom is 0.414 e. The van der Waals surface area contributed by atoms with E-state index in [9.17, 15) is 9.59 Å². The molecule has 40 heavy (non-hydrogen) atoms. The predicted octanol–water partition coefficient (Wildman–Crippen LogP) is 3.29. The molecule has 1 aliphatic rings. The Kier molecular flexibility index (Phi) is 8.20. The molecule has 0 amide bonds. The number of aromatic nitrogens is 3. The Bertz CT molecular complexity index is 1630. The van der Waals surface area contributed by atoms with Crippen LogP contribution in [0.4, 0.5) is 0 Å². The molecule has 1 aliphatic heterocycles. The number of carbonyl (C=O) groups excluding carboxylic acids is 1. The van der Waals surface area contributed by atoms with E-state index in [1.165, 1.54) is 11.1 Å². The van der Waals surface area contributed by atoms with Crippen molar-refractivity contribution < 1.29 is 24.6 Å². The van der Waals surface area contributed by atoms with Gasteiger partial charge in [-0.25, -0.2) is 14.3 Å². The van der Waals surface area contributed by atoms with Gasteiger partial charge in [0.1, 0.15) is 5.69 Å². The van der Waals surface area contributed by atoms with E-state index in [1.807, 2.05) is 73.5 Å². The van der Waals surface area contributed by atoms with Crippen molar-refractivity contribution in [3.05, 3.63) is 105 Å². The molecule has 0 unspecified atom stereocenters. The van der Waals surface area contributed by atoms with Gasteiger partial charge in [0.25, 0.3) is 5.56 Å². The second kappa shape index (κ2) is 11.6. The Morgan fingerprint density at radius 1 is 0.850 bits per heavy atom. The highest BCUT2D eigenvalue weighted by Gasteiger charge is 2.25. The number of ketones is 1. The van der Waals surface area contributed by atoms with Crippen molar-refractivity contribution in [1.29, 1.82) is 0 Å². The lowest BCUT2D eigenvalue weighted by molar-refractivity contribution is -0.159. The predicted molar refractivity (Wildman–Crippen MR) is 150 cm³/mol. The van der Waals surface area contributed by atoms with Crippen LogP contribution in [0, 0.1) is 20.8 Å². The summed E-state index contributed by atoms with van der Waals surface area (Å²) in [6.45, 7) is 7.88. The first-order valence-electron chi connectivity index (χ1n) is 12.8. The van der Waals surface area contributed by atoms with Crippen molar-refractivity contribution >= 4 is 17.7 Å². The number of benzene rings is 2. The van der Waals surface area contributed by atoms with Gasteiger partial charge in [0.05, 0.1) is 17.9 Å². The number of aryl methyl sites for hydroxylation is 1. The summed E-state index contributed by atoms with van der Waals surface area (Å²) < 4.78 is 5.49. The topological polar surface area (TPSA) is 127 Å². The summed E-state index contributed by atoms with van der Waals surface area (Å²) in [4.78, 5) is 47.3. The van der Waals surface area contributed by atoms with E-state index in [0.29, 0.717) is 17.8 Å². The maximum atomic E-state index is 13.6. The van der Waals surface area contributed by atoms with Crippen LogP contribution in [0.5, 0.6) is 0 Å². The zero-order valence-corrected chi connectivity index (χ0v) is 22.9. The SMILES string of the molecule is Cc1cc(C(=O)CN2CCc3ccccc3C2)c(C)n1-c1c(C)n(C)n(-c2ccccc2)c1=O.O=C(O)C(=O)O. The fourth-order valence-corrected chi connectivity index (χ4v) is 5.18. The Balaban J connectivity index is 0.000000557. The molecular formula is C30H32N4O6. The van der Waals surface area contributed by atoms with E-state index >= 15 is 0 Å². The van der Waals surface area contributed by atoms with Gasteiger partial charge in [-0.2, -0.15) is 0 Å². The van der Waals surface area contributed by atoms with Gasteiger partial charge in [0.2, 0.25) is 0 Å². The quantitative estimate of drug-likeness (QED) is 0.292. The second-order valence-corrected chi connectivity index (χ2v) is 9.79. The molecule has 2 N–H and O–H groups in total. The average molecular weight is 545 g/mol. The van der Waals surface area contributed by atoms with Gasteiger partial charge in [-0.05, 0) is 56.5 Å². The van der Waals surface area contributed by atoms with Crippen LogP contribution in [-0.2, 0) is 29.6 Å². The van der Waals surface area contributed by atoms with Crippen molar-refractivity contribution in [2.45, 2.75) is 33.7 Å². The number of nitrogens with zero attached hydrogens (tertiary/aromatic N) is 4. The summed E-state index contributed by atoms with van der Waals surface area (Å²) >= 11 is 0. The van der Waals surface area contributed by atoms with Crippen LogP contribution < -0.4 is 5.56 Å². The van der Waals surface area contributed by atoms with E-state index < -0.39 is 11.9 Å². The molecule has 4 aromatic rings. The van der Waals surface area contributed by atoms with Gasteiger partial charge in [-0.3, -0.25) is 19.2 Å². The molecule has 208 valence electrons. The number of para-hydroxylation sites is 1. The number of Topliss-reactive ketones (excluding diaryl/α,β-unsaturated/α-hetero) is 1. The summed E-state index contributed by atoms with van der Waals surface area (Å²) in [5.74, 6) is -3.55. The third-order valence-electron chi connectivity index (χ3n) is 7.24. The lowest BCUT2D eigenvalue weighted by atomic mass is 9.99. The minimum Gasteiger partial charge on any atom is -0.473 e. The van der Waals surface area contributed by atoms with Gasteiger partial charge in [-0.1, -0.05) is 42.5 Å². The monoisotopic (exact) mass is 544 g/mol. The van der Waals surface area contributed by atoms with Gasteiger partial charge >= 0.3 is 11.9 Å². The second-order valence-electron chi connectivity index (χ2n) is 9.79. The summed E-state index contributed by atoms with van der Waals surface area (Å²) in [5, 5.41) is 14.8. The van der Waals surface area contributed by atoms with E-state index in [4.69, 9.17) is 19.8 Å². The molecule has 0 spiro atoms. The number of fused-ring (bicyclic) bond motifs is 1. The lowest BCUT2D eigenvalue weighted by Crippen LogP contribution is -2.35. The van der Waals surface area contributed by atoms with Crippen molar-refractivity contribution in [3.8, 4) is 11.4 Å². The van der Waals surface area contributed by atoms with Gasteiger partial charge in [0.15, 0.2) is 5.78 Å². The smallest absolute Gasteiger partial charge is 0.414 e. The maximum absolute atomic E-state index is 13.6. The molecule has 2 aromatic carbocycles.